The van der Waals surface area contributed by atoms with Gasteiger partial charge in [0.15, 0.2) is 0 Å². The minimum Gasteiger partial charge on any atom is -0.480 e. The highest BCUT2D eigenvalue weighted by Crippen LogP contribution is 2.28. The normalized spacial score (nSPS) is 12.6. The molecule has 0 aromatic heterocycles. The average Bonchev–Trinajstić information content (AvgIpc) is 2.89. The monoisotopic (exact) mass is 509 g/mol. The highest BCUT2D eigenvalue weighted by Gasteiger charge is 2.22. The third-order valence-electron chi connectivity index (χ3n) is 5.62. The van der Waals surface area contributed by atoms with Gasteiger partial charge >= 0.3 is 5.97 Å². The minimum atomic E-state index is -1.03. The van der Waals surface area contributed by atoms with Crippen molar-refractivity contribution in [3.8, 4) is 11.1 Å². The van der Waals surface area contributed by atoms with Crippen LogP contribution in [0.15, 0.2) is 78.9 Å². The topological polar surface area (TPSA) is 86.6 Å². The predicted octanol–water partition coefficient (Wildman–Crippen LogP) is 5.13. The number of aliphatic hydroxyl groups excluding tert-OH is 1. The third kappa shape index (κ3) is 8.16. The maximum absolute atomic E-state index is 13.1. The summed E-state index contributed by atoms with van der Waals surface area (Å²) in [7, 11) is 0. The van der Waals surface area contributed by atoms with Crippen molar-refractivity contribution in [1.82, 2.24) is 5.32 Å². The maximum atomic E-state index is 13.1. The summed E-state index contributed by atoms with van der Waals surface area (Å²) in [6.45, 7) is 0.0816. The van der Waals surface area contributed by atoms with E-state index in [1.54, 1.807) is 29.6 Å². The molecule has 0 spiro atoms. The molecule has 35 heavy (non-hydrogen) atoms. The van der Waals surface area contributed by atoms with Gasteiger partial charge in [-0.25, -0.2) is 4.79 Å². The van der Waals surface area contributed by atoms with Gasteiger partial charge in [-0.3, -0.25) is 4.79 Å². The Morgan fingerprint density at radius 1 is 0.943 bits per heavy atom. The quantitative estimate of drug-likeness (QED) is 0.296. The molecule has 3 N–H and O–H groups in total. The van der Waals surface area contributed by atoms with Crippen LogP contribution in [-0.4, -0.2) is 52.0 Å². The van der Waals surface area contributed by atoms with Gasteiger partial charge in [0.05, 0.1) is 6.61 Å². The Kier molecular flexibility index (Phi) is 10.7. The maximum Gasteiger partial charge on any atom is 0.326 e. The zero-order valence-corrected chi connectivity index (χ0v) is 21.4. The van der Waals surface area contributed by atoms with E-state index < -0.39 is 17.9 Å². The number of carbonyl (C=O) groups is 2. The van der Waals surface area contributed by atoms with Crippen molar-refractivity contribution in [1.29, 1.82) is 0 Å². The minimum absolute atomic E-state index is 0.0633. The Morgan fingerprint density at radius 3 is 2.26 bits per heavy atom. The molecule has 0 saturated heterocycles. The fourth-order valence-corrected chi connectivity index (χ4v) is 5.23. The molecule has 0 aliphatic carbocycles. The van der Waals surface area contributed by atoms with Crippen molar-refractivity contribution in [2.45, 2.75) is 29.9 Å². The number of carboxylic acid groups (broad SMARTS) is 1. The second-order valence-corrected chi connectivity index (χ2v) is 10.5. The molecule has 1 amide bonds. The van der Waals surface area contributed by atoms with E-state index in [0.29, 0.717) is 23.5 Å². The summed E-state index contributed by atoms with van der Waals surface area (Å²) in [6.07, 6.45) is 3.05. The molecule has 0 radical (unpaired) electrons. The van der Waals surface area contributed by atoms with Gasteiger partial charge in [-0.2, -0.15) is 23.5 Å². The number of carboxylic acids is 1. The van der Waals surface area contributed by atoms with E-state index in [2.05, 4.69) is 17.4 Å². The second-order valence-electron chi connectivity index (χ2n) is 8.20. The zero-order valence-electron chi connectivity index (χ0n) is 19.7. The van der Waals surface area contributed by atoms with Crippen LogP contribution in [0.2, 0.25) is 0 Å². The van der Waals surface area contributed by atoms with Gasteiger partial charge in [-0.05, 0) is 59.2 Å². The predicted molar refractivity (Wildman–Crippen MR) is 146 cm³/mol. The van der Waals surface area contributed by atoms with Crippen LogP contribution in [0.1, 0.15) is 27.9 Å². The molecule has 1 unspecified atom stereocenters. The van der Waals surface area contributed by atoms with Gasteiger partial charge in [-0.1, -0.05) is 66.7 Å². The average molecular weight is 510 g/mol. The number of hydrogen-bond donors (Lipinski definition) is 3. The third-order valence-corrected chi connectivity index (χ3v) is 7.55. The van der Waals surface area contributed by atoms with Crippen molar-refractivity contribution >= 4 is 35.4 Å². The fourth-order valence-electron chi connectivity index (χ4n) is 3.73. The molecule has 2 atom stereocenters. The number of benzene rings is 3. The summed E-state index contributed by atoms with van der Waals surface area (Å²) in [5.74, 6) is -0.0943. The van der Waals surface area contributed by atoms with Crippen LogP contribution in [-0.2, 0) is 17.0 Å². The highest BCUT2D eigenvalue weighted by molar-refractivity contribution is 7.99. The van der Waals surface area contributed by atoms with E-state index >= 15 is 0 Å². The van der Waals surface area contributed by atoms with Crippen LogP contribution < -0.4 is 5.32 Å². The standard InChI is InChI=1S/C28H31NO4S2/c1-34-15-14-26(28(32)33)29-27(31)24-13-12-21(17-25(24)22-10-6-3-7-11-22)19-35-23(18-30)16-20-8-4-2-5-9-20/h2-13,17,23,26,30H,14-16,18-19H2,1H3,(H,29,31)(H,32,33)/t23?,26-/m0/s1. The van der Waals surface area contributed by atoms with E-state index in [1.807, 2.05) is 66.9 Å². The number of aliphatic carboxylic acids is 1. The Hall–Kier alpha value is -2.74. The molecule has 5 nitrogen and oxygen atoms in total. The van der Waals surface area contributed by atoms with Crippen molar-refractivity contribution in [2.24, 2.45) is 0 Å². The Labute approximate surface area is 215 Å². The summed E-state index contributed by atoms with van der Waals surface area (Å²) in [5.41, 5.74) is 4.32. The Bertz CT molecular complexity index is 1090. The van der Waals surface area contributed by atoms with Crippen molar-refractivity contribution < 1.29 is 19.8 Å². The van der Waals surface area contributed by atoms with Crippen LogP contribution >= 0.6 is 23.5 Å². The number of hydrogen-bond acceptors (Lipinski definition) is 5. The van der Waals surface area contributed by atoms with Crippen LogP contribution in [0, 0.1) is 0 Å². The van der Waals surface area contributed by atoms with E-state index in [9.17, 15) is 19.8 Å². The van der Waals surface area contributed by atoms with Crippen LogP contribution in [0.25, 0.3) is 11.1 Å². The molecule has 3 aromatic rings. The first-order valence-electron chi connectivity index (χ1n) is 11.5. The van der Waals surface area contributed by atoms with Crippen molar-refractivity contribution in [3.63, 3.8) is 0 Å². The molecule has 0 fully saturated rings. The SMILES string of the molecule is CSCC[C@H](NC(=O)c1ccc(CSC(CO)Cc2ccccc2)cc1-c1ccccc1)C(=O)O. The van der Waals surface area contributed by atoms with E-state index in [-0.39, 0.29) is 11.9 Å². The fraction of sp³-hybridized carbons (Fsp3) is 0.286. The number of aliphatic hydroxyl groups is 1. The first-order chi connectivity index (χ1) is 17.0. The molecule has 0 aliphatic rings. The highest BCUT2D eigenvalue weighted by atomic mass is 32.2. The number of thioether (sulfide) groups is 2. The molecule has 184 valence electrons. The summed E-state index contributed by atoms with van der Waals surface area (Å²) in [6, 6.07) is 24.5. The van der Waals surface area contributed by atoms with Gasteiger partial charge in [-0.15, -0.1) is 0 Å². The van der Waals surface area contributed by atoms with Gasteiger partial charge < -0.3 is 15.5 Å². The molecule has 0 bridgehead atoms. The Balaban J connectivity index is 1.80. The van der Waals surface area contributed by atoms with E-state index in [1.165, 1.54) is 5.56 Å². The molecule has 3 rings (SSSR count). The molecule has 0 saturated carbocycles. The molecular weight excluding hydrogens is 478 g/mol. The first-order valence-corrected chi connectivity index (χ1v) is 13.9. The largest absolute Gasteiger partial charge is 0.480 e. The lowest BCUT2D eigenvalue weighted by Gasteiger charge is -2.18. The summed E-state index contributed by atoms with van der Waals surface area (Å²) in [5, 5.41) is 22.2. The summed E-state index contributed by atoms with van der Waals surface area (Å²) >= 11 is 3.23. The second kappa shape index (κ2) is 14.0. The van der Waals surface area contributed by atoms with Gasteiger partial charge in [0.2, 0.25) is 0 Å². The molecule has 7 heteroatoms. The van der Waals surface area contributed by atoms with Crippen LogP contribution in [0.3, 0.4) is 0 Å². The number of nitrogens with one attached hydrogen (secondary N) is 1. The lowest BCUT2D eigenvalue weighted by Crippen LogP contribution is -2.41. The molecule has 3 aromatic carbocycles. The lowest BCUT2D eigenvalue weighted by atomic mass is 9.97. The van der Waals surface area contributed by atoms with Crippen molar-refractivity contribution in [2.75, 3.05) is 18.6 Å². The summed E-state index contributed by atoms with van der Waals surface area (Å²) < 4.78 is 0. The first kappa shape index (κ1) is 26.9. The van der Waals surface area contributed by atoms with Crippen molar-refractivity contribution in [3.05, 3.63) is 95.6 Å². The molecule has 0 aliphatic heterocycles. The van der Waals surface area contributed by atoms with Gasteiger partial charge in [0.25, 0.3) is 5.91 Å². The molecule has 0 heterocycles. The molecular formula is C28H31NO4S2. The van der Waals surface area contributed by atoms with E-state index in [4.69, 9.17) is 0 Å². The number of carbonyl (C=O) groups excluding carboxylic acids is 1. The number of amides is 1. The van der Waals surface area contributed by atoms with Gasteiger partial charge in [0, 0.05) is 16.6 Å². The van der Waals surface area contributed by atoms with Crippen LogP contribution in [0.4, 0.5) is 0 Å². The zero-order chi connectivity index (χ0) is 25.0. The van der Waals surface area contributed by atoms with Crippen LogP contribution in [0.5, 0.6) is 0 Å². The Morgan fingerprint density at radius 2 is 1.63 bits per heavy atom. The lowest BCUT2D eigenvalue weighted by molar-refractivity contribution is -0.139. The number of rotatable bonds is 13. The van der Waals surface area contributed by atoms with Gasteiger partial charge in [0.1, 0.15) is 6.04 Å². The van der Waals surface area contributed by atoms with E-state index in [0.717, 1.165) is 23.1 Å². The smallest absolute Gasteiger partial charge is 0.326 e. The summed E-state index contributed by atoms with van der Waals surface area (Å²) in [4.78, 5) is 24.8.